The third-order valence-electron chi connectivity index (χ3n) is 5.18. The first-order chi connectivity index (χ1) is 15.2. The van der Waals surface area contributed by atoms with Crippen LogP contribution in [0.1, 0.15) is 71.2 Å². The predicted molar refractivity (Wildman–Crippen MR) is 114 cm³/mol. The van der Waals surface area contributed by atoms with Crippen LogP contribution < -0.4 is 5.32 Å². The molecular formula is C22H24N2O7S. The Morgan fingerprint density at radius 2 is 1.84 bits per heavy atom. The van der Waals surface area contributed by atoms with Gasteiger partial charge < -0.3 is 0 Å². The summed E-state index contributed by atoms with van der Waals surface area (Å²) in [6.45, 7) is 0.167. The quantitative estimate of drug-likeness (QED) is 0.269. The number of amides is 4. The SMILES string of the molecule is CS(=O)(=O)OCCCCCCC#Cc1cccc2c1C(=O)N(C1CCC(=O)NC1=O)C2=O. The fourth-order valence-corrected chi connectivity index (χ4v) is 4.08. The van der Waals surface area contributed by atoms with Crippen LogP contribution in [0.4, 0.5) is 0 Å². The lowest BCUT2D eigenvalue weighted by molar-refractivity contribution is -0.136. The number of benzene rings is 1. The maximum absolute atomic E-state index is 13.0. The number of hydrogen-bond donors (Lipinski definition) is 1. The molecule has 1 saturated heterocycles. The van der Waals surface area contributed by atoms with Crippen molar-refractivity contribution in [1.29, 1.82) is 0 Å². The summed E-state index contributed by atoms with van der Waals surface area (Å²) in [7, 11) is -3.40. The van der Waals surface area contributed by atoms with E-state index in [0.29, 0.717) is 18.4 Å². The zero-order valence-electron chi connectivity index (χ0n) is 17.7. The van der Waals surface area contributed by atoms with Crippen molar-refractivity contribution in [3.05, 3.63) is 34.9 Å². The molecule has 1 unspecified atom stereocenters. The number of unbranched alkanes of at least 4 members (excludes halogenated alkanes) is 4. The standard InChI is InChI=1S/C22H24N2O7S/c1-32(29,30)31-14-7-5-3-2-4-6-9-15-10-8-11-16-19(15)22(28)24(21(16)27)17-12-13-18(25)23-20(17)26/h8,10-11,17H,2-5,7,12-14H2,1H3,(H,23,25,26). The molecule has 4 amide bonds. The van der Waals surface area contributed by atoms with Gasteiger partial charge in [-0.3, -0.25) is 33.6 Å². The molecule has 0 aromatic heterocycles. The van der Waals surface area contributed by atoms with Gasteiger partial charge in [0.1, 0.15) is 6.04 Å². The Balaban J connectivity index is 1.59. The first-order valence-corrected chi connectivity index (χ1v) is 12.2. The monoisotopic (exact) mass is 460 g/mol. The van der Waals surface area contributed by atoms with Gasteiger partial charge >= 0.3 is 0 Å². The second-order valence-corrected chi connectivity index (χ2v) is 9.31. The molecule has 0 spiro atoms. The highest BCUT2D eigenvalue weighted by Crippen LogP contribution is 2.29. The minimum Gasteiger partial charge on any atom is -0.295 e. The van der Waals surface area contributed by atoms with E-state index in [2.05, 4.69) is 21.3 Å². The molecule has 10 heteroatoms. The van der Waals surface area contributed by atoms with Gasteiger partial charge in [0, 0.05) is 18.4 Å². The summed E-state index contributed by atoms with van der Waals surface area (Å²) in [6, 6.07) is 3.83. The number of nitrogens with zero attached hydrogens (tertiary/aromatic N) is 1. The smallest absolute Gasteiger partial charge is 0.264 e. The number of fused-ring (bicyclic) bond motifs is 1. The van der Waals surface area contributed by atoms with Crippen LogP contribution in [0.5, 0.6) is 0 Å². The van der Waals surface area contributed by atoms with Gasteiger partial charge in [-0.15, -0.1) is 0 Å². The van der Waals surface area contributed by atoms with E-state index in [-0.39, 0.29) is 30.6 Å². The average Bonchev–Trinajstić information content (AvgIpc) is 2.97. The van der Waals surface area contributed by atoms with E-state index < -0.39 is 39.8 Å². The Morgan fingerprint density at radius 1 is 1.09 bits per heavy atom. The van der Waals surface area contributed by atoms with Crippen LogP contribution in [0, 0.1) is 11.8 Å². The molecule has 1 aromatic carbocycles. The summed E-state index contributed by atoms with van der Waals surface area (Å²) in [5, 5.41) is 2.17. The summed E-state index contributed by atoms with van der Waals surface area (Å²) < 4.78 is 26.4. The molecule has 0 radical (unpaired) electrons. The van der Waals surface area contributed by atoms with Gasteiger partial charge in [-0.25, -0.2) is 0 Å². The number of nitrogens with one attached hydrogen (secondary N) is 1. The Labute approximate surface area is 186 Å². The Morgan fingerprint density at radius 3 is 2.56 bits per heavy atom. The van der Waals surface area contributed by atoms with Crippen molar-refractivity contribution in [2.75, 3.05) is 12.9 Å². The van der Waals surface area contributed by atoms with Crippen LogP contribution in [-0.4, -0.2) is 55.9 Å². The van der Waals surface area contributed by atoms with E-state index in [1.165, 1.54) is 6.07 Å². The van der Waals surface area contributed by atoms with Gasteiger partial charge in [0.2, 0.25) is 11.8 Å². The van der Waals surface area contributed by atoms with Crippen molar-refractivity contribution >= 4 is 33.7 Å². The number of carbonyl (C=O) groups is 4. The normalized spacial score (nSPS) is 18.3. The molecule has 9 nitrogen and oxygen atoms in total. The van der Waals surface area contributed by atoms with Crippen LogP contribution in [0.15, 0.2) is 18.2 Å². The highest BCUT2D eigenvalue weighted by molar-refractivity contribution is 7.85. The van der Waals surface area contributed by atoms with Crippen molar-refractivity contribution in [2.24, 2.45) is 0 Å². The molecule has 0 aliphatic carbocycles. The summed E-state index contributed by atoms with van der Waals surface area (Å²) >= 11 is 0. The van der Waals surface area contributed by atoms with Gasteiger partial charge in [-0.2, -0.15) is 8.42 Å². The van der Waals surface area contributed by atoms with Gasteiger partial charge in [-0.1, -0.05) is 30.7 Å². The van der Waals surface area contributed by atoms with Crippen molar-refractivity contribution in [1.82, 2.24) is 10.2 Å². The van der Waals surface area contributed by atoms with E-state index in [4.69, 9.17) is 0 Å². The first kappa shape index (κ1) is 23.6. The number of hydrogen-bond acceptors (Lipinski definition) is 7. The lowest BCUT2D eigenvalue weighted by Gasteiger charge is -2.27. The summed E-state index contributed by atoms with van der Waals surface area (Å²) in [5.41, 5.74) is 0.821. The number of rotatable bonds is 8. The zero-order chi connectivity index (χ0) is 23.3. The van der Waals surface area contributed by atoms with Crippen molar-refractivity contribution in [3.8, 4) is 11.8 Å². The number of carbonyl (C=O) groups excluding carboxylic acids is 4. The largest absolute Gasteiger partial charge is 0.295 e. The Bertz CT molecular complexity index is 1110. The van der Waals surface area contributed by atoms with Gasteiger partial charge in [-0.05, 0) is 31.4 Å². The zero-order valence-corrected chi connectivity index (χ0v) is 18.5. The lowest BCUT2D eigenvalue weighted by atomic mass is 10.0. The summed E-state index contributed by atoms with van der Waals surface area (Å²) in [6.07, 6.45) is 4.88. The summed E-state index contributed by atoms with van der Waals surface area (Å²) in [4.78, 5) is 50.2. The molecule has 0 bridgehead atoms. The molecule has 2 aliphatic rings. The average molecular weight is 461 g/mol. The molecule has 2 heterocycles. The fraction of sp³-hybridized carbons (Fsp3) is 0.455. The fourth-order valence-electron chi connectivity index (χ4n) is 3.66. The predicted octanol–water partition coefficient (Wildman–Crippen LogP) is 1.37. The van der Waals surface area contributed by atoms with E-state index in [9.17, 15) is 27.6 Å². The van der Waals surface area contributed by atoms with Crippen LogP contribution in [0.2, 0.25) is 0 Å². The molecule has 1 N–H and O–H groups in total. The third-order valence-corrected chi connectivity index (χ3v) is 5.78. The Kier molecular flexibility index (Phi) is 7.43. The molecule has 2 aliphatic heterocycles. The topological polar surface area (TPSA) is 127 Å². The molecular weight excluding hydrogens is 436 g/mol. The van der Waals surface area contributed by atoms with E-state index in [1.54, 1.807) is 12.1 Å². The second-order valence-electron chi connectivity index (χ2n) is 7.67. The van der Waals surface area contributed by atoms with Crippen LogP contribution in [0.3, 0.4) is 0 Å². The highest BCUT2D eigenvalue weighted by atomic mass is 32.2. The number of imide groups is 2. The van der Waals surface area contributed by atoms with Crippen molar-refractivity contribution in [3.63, 3.8) is 0 Å². The maximum atomic E-state index is 13.0. The maximum Gasteiger partial charge on any atom is 0.264 e. The summed E-state index contributed by atoms with van der Waals surface area (Å²) in [5.74, 6) is 3.76. The van der Waals surface area contributed by atoms with Crippen LogP contribution in [0.25, 0.3) is 0 Å². The van der Waals surface area contributed by atoms with Crippen molar-refractivity contribution in [2.45, 2.75) is 51.0 Å². The third kappa shape index (κ3) is 5.60. The molecule has 1 aromatic rings. The van der Waals surface area contributed by atoms with E-state index in [1.807, 2.05) is 0 Å². The molecule has 32 heavy (non-hydrogen) atoms. The van der Waals surface area contributed by atoms with Gasteiger partial charge in [0.25, 0.3) is 21.9 Å². The minimum atomic E-state index is -3.40. The Hall–Kier alpha value is -3.03. The van der Waals surface area contributed by atoms with Crippen molar-refractivity contribution < 1.29 is 31.8 Å². The second kappa shape index (κ2) is 10.1. The first-order valence-electron chi connectivity index (χ1n) is 10.4. The molecule has 1 fully saturated rings. The lowest BCUT2D eigenvalue weighted by Crippen LogP contribution is -2.54. The molecule has 1 atom stereocenters. The minimum absolute atomic E-state index is 0.0663. The molecule has 3 rings (SSSR count). The molecule has 0 saturated carbocycles. The highest BCUT2D eigenvalue weighted by Gasteiger charge is 2.45. The number of piperidine rings is 1. The van der Waals surface area contributed by atoms with E-state index in [0.717, 1.165) is 30.4 Å². The van der Waals surface area contributed by atoms with Gasteiger partial charge in [0.05, 0.1) is 24.0 Å². The van der Waals surface area contributed by atoms with Crippen LogP contribution in [-0.2, 0) is 23.9 Å². The molecule has 170 valence electrons. The van der Waals surface area contributed by atoms with E-state index >= 15 is 0 Å². The van der Waals surface area contributed by atoms with Crippen LogP contribution >= 0.6 is 0 Å². The van der Waals surface area contributed by atoms with Gasteiger partial charge in [0.15, 0.2) is 0 Å².